The highest BCUT2D eigenvalue weighted by Crippen LogP contribution is 2.10. The van der Waals surface area contributed by atoms with Gasteiger partial charge in [-0.1, -0.05) is 6.92 Å². The van der Waals surface area contributed by atoms with Gasteiger partial charge in [0.05, 0.1) is 0 Å². The fourth-order valence-corrected chi connectivity index (χ4v) is 1.75. The van der Waals surface area contributed by atoms with E-state index in [1.807, 2.05) is 6.92 Å². The van der Waals surface area contributed by atoms with E-state index in [2.05, 4.69) is 17.0 Å². The third-order valence-corrected chi connectivity index (χ3v) is 2.54. The summed E-state index contributed by atoms with van der Waals surface area (Å²) in [6, 6.07) is 5.29. The van der Waals surface area contributed by atoms with E-state index in [1.165, 1.54) is 0 Å². The first-order valence-electron chi connectivity index (χ1n) is 5.71. The first-order chi connectivity index (χ1) is 8.22. The molecule has 0 atom stereocenters. The van der Waals surface area contributed by atoms with Gasteiger partial charge in [-0.3, -0.25) is 14.5 Å². The first-order valence-corrected chi connectivity index (χ1v) is 5.71. The number of hydrogen-bond donors (Lipinski definition) is 0. The lowest BCUT2D eigenvalue weighted by molar-refractivity contribution is 0.102. The zero-order valence-corrected chi connectivity index (χ0v) is 10.1. The van der Waals surface area contributed by atoms with Crippen LogP contribution in [0.1, 0.15) is 35.1 Å². The minimum Gasteiger partial charge on any atom is -0.287 e. The highest BCUT2D eigenvalue weighted by molar-refractivity contribution is 6.07. The molecule has 2 aromatic rings. The van der Waals surface area contributed by atoms with Gasteiger partial charge in [-0.2, -0.15) is 5.10 Å². The number of pyridine rings is 1. The molecule has 0 fully saturated rings. The summed E-state index contributed by atoms with van der Waals surface area (Å²) in [6.45, 7) is 4.70. The van der Waals surface area contributed by atoms with E-state index in [4.69, 9.17) is 0 Å². The highest BCUT2D eigenvalue weighted by Gasteiger charge is 2.13. The van der Waals surface area contributed by atoms with Gasteiger partial charge in [0, 0.05) is 30.2 Å². The van der Waals surface area contributed by atoms with Crippen LogP contribution in [0.2, 0.25) is 0 Å². The molecular weight excluding hydrogens is 214 g/mol. The minimum absolute atomic E-state index is 0.00134. The Morgan fingerprint density at radius 3 is 2.88 bits per heavy atom. The number of aromatic nitrogens is 3. The second kappa shape index (κ2) is 4.91. The van der Waals surface area contributed by atoms with Gasteiger partial charge < -0.3 is 0 Å². The van der Waals surface area contributed by atoms with Crippen molar-refractivity contribution in [3.05, 3.63) is 47.5 Å². The van der Waals surface area contributed by atoms with Gasteiger partial charge >= 0.3 is 0 Å². The molecule has 2 rings (SSSR count). The van der Waals surface area contributed by atoms with Crippen molar-refractivity contribution in [2.75, 3.05) is 0 Å². The lowest BCUT2D eigenvalue weighted by Gasteiger charge is -2.05. The van der Waals surface area contributed by atoms with Crippen LogP contribution in [0.4, 0.5) is 0 Å². The van der Waals surface area contributed by atoms with Crippen molar-refractivity contribution in [3.63, 3.8) is 0 Å². The van der Waals surface area contributed by atoms with E-state index in [9.17, 15) is 4.79 Å². The standard InChI is InChI=1S/C13H15N3O/c1-3-8-16-12(5-7-15-16)13(17)11-4-6-14-10(2)9-11/h4-7,9H,3,8H2,1-2H3. The molecule has 17 heavy (non-hydrogen) atoms. The molecule has 0 amide bonds. The van der Waals surface area contributed by atoms with E-state index < -0.39 is 0 Å². The van der Waals surface area contributed by atoms with Crippen molar-refractivity contribution in [3.8, 4) is 0 Å². The SMILES string of the molecule is CCCn1nccc1C(=O)c1ccnc(C)c1. The molecule has 0 aliphatic carbocycles. The van der Waals surface area contributed by atoms with Crippen LogP contribution >= 0.6 is 0 Å². The van der Waals surface area contributed by atoms with Gasteiger partial charge in [-0.25, -0.2) is 0 Å². The van der Waals surface area contributed by atoms with E-state index in [1.54, 1.807) is 35.3 Å². The number of ketones is 1. The topological polar surface area (TPSA) is 47.8 Å². The van der Waals surface area contributed by atoms with Gasteiger partial charge in [0.25, 0.3) is 0 Å². The van der Waals surface area contributed by atoms with Crippen LogP contribution in [0.15, 0.2) is 30.6 Å². The van der Waals surface area contributed by atoms with E-state index >= 15 is 0 Å². The Morgan fingerprint density at radius 1 is 1.35 bits per heavy atom. The third kappa shape index (κ3) is 2.41. The summed E-state index contributed by atoms with van der Waals surface area (Å²) >= 11 is 0. The summed E-state index contributed by atoms with van der Waals surface area (Å²) in [6.07, 6.45) is 4.28. The number of aryl methyl sites for hydroxylation is 2. The summed E-state index contributed by atoms with van der Waals surface area (Å²) in [5, 5.41) is 4.16. The van der Waals surface area contributed by atoms with Crippen LogP contribution in [0.3, 0.4) is 0 Å². The van der Waals surface area contributed by atoms with Crippen molar-refractivity contribution in [1.29, 1.82) is 0 Å². The molecule has 0 aromatic carbocycles. The highest BCUT2D eigenvalue weighted by atomic mass is 16.1. The molecule has 0 N–H and O–H groups in total. The molecule has 0 bridgehead atoms. The second-order valence-electron chi connectivity index (χ2n) is 3.95. The average Bonchev–Trinajstić information content (AvgIpc) is 2.77. The van der Waals surface area contributed by atoms with Gasteiger partial charge in [0.2, 0.25) is 5.78 Å². The van der Waals surface area contributed by atoms with E-state index in [-0.39, 0.29) is 5.78 Å². The Labute approximate surface area is 100 Å². The lowest BCUT2D eigenvalue weighted by Crippen LogP contribution is -2.11. The molecule has 0 saturated heterocycles. The monoisotopic (exact) mass is 229 g/mol. The zero-order chi connectivity index (χ0) is 12.3. The lowest BCUT2D eigenvalue weighted by atomic mass is 10.1. The predicted molar refractivity (Wildman–Crippen MR) is 64.9 cm³/mol. The predicted octanol–water partition coefficient (Wildman–Crippen LogP) is 2.23. The Hall–Kier alpha value is -1.97. The molecule has 0 aliphatic heterocycles. The molecule has 0 radical (unpaired) electrons. The molecule has 4 nitrogen and oxygen atoms in total. The van der Waals surface area contributed by atoms with Crippen LogP contribution < -0.4 is 0 Å². The smallest absolute Gasteiger partial charge is 0.211 e. The molecule has 2 heterocycles. The molecule has 0 aliphatic rings. The van der Waals surface area contributed by atoms with Crippen LogP contribution in [0, 0.1) is 6.92 Å². The van der Waals surface area contributed by atoms with Crippen LogP contribution in [0.25, 0.3) is 0 Å². The number of carbonyl (C=O) groups excluding carboxylic acids is 1. The Balaban J connectivity index is 2.33. The molecule has 88 valence electrons. The van der Waals surface area contributed by atoms with Crippen molar-refractivity contribution < 1.29 is 4.79 Å². The summed E-state index contributed by atoms with van der Waals surface area (Å²) in [5.74, 6) is 0.00134. The van der Waals surface area contributed by atoms with Crippen molar-refractivity contribution >= 4 is 5.78 Å². The van der Waals surface area contributed by atoms with Crippen LogP contribution in [-0.2, 0) is 6.54 Å². The minimum atomic E-state index is 0.00134. The normalized spacial score (nSPS) is 10.5. The van der Waals surface area contributed by atoms with Gasteiger partial charge in [-0.05, 0) is 31.5 Å². The number of carbonyl (C=O) groups is 1. The fourth-order valence-electron chi connectivity index (χ4n) is 1.75. The maximum atomic E-state index is 12.3. The Kier molecular flexibility index (Phi) is 3.32. The number of nitrogens with zero attached hydrogens (tertiary/aromatic N) is 3. The number of hydrogen-bond acceptors (Lipinski definition) is 3. The van der Waals surface area contributed by atoms with Gasteiger partial charge in [0.15, 0.2) is 0 Å². The van der Waals surface area contributed by atoms with Gasteiger partial charge in [-0.15, -0.1) is 0 Å². The quantitative estimate of drug-likeness (QED) is 0.755. The zero-order valence-electron chi connectivity index (χ0n) is 10.1. The molecule has 4 heteroatoms. The summed E-state index contributed by atoms with van der Waals surface area (Å²) in [7, 11) is 0. The maximum Gasteiger partial charge on any atom is 0.211 e. The van der Waals surface area contributed by atoms with Gasteiger partial charge in [0.1, 0.15) is 5.69 Å². The fraction of sp³-hybridized carbons (Fsp3) is 0.308. The Bertz CT molecular complexity index is 531. The van der Waals surface area contributed by atoms with Crippen molar-refractivity contribution in [2.24, 2.45) is 0 Å². The Morgan fingerprint density at radius 2 is 2.18 bits per heavy atom. The molecule has 0 spiro atoms. The third-order valence-electron chi connectivity index (χ3n) is 2.54. The largest absolute Gasteiger partial charge is 0.287 e. The van der Waals surface area contributed by atoms with Crippen LogP contribution in [0.5, 0.6) is 0 Å². The average molecular weight is 229 g/mol. The van der Waals surface area contributed by atoms with E-state index in [0.29, 0.717) is 11.3 Å². The molecule has 2 aromatic heterocycles. The van der Waals surface area contributed by atoms with Crippen molar-refractivity contribution in [2.45, 2.75) is 26.8 Å². The molecular formula is C13H15N3O. The van der Waals surface area contributed by atoms with Crippen molar-refractivity contribution in [1.82, 2.24) is 14.8 Å². The molecule has 0 saturated carbocycles. The summed E-state index contributed by atoms with van der Waals surface area (Å²) < 4.78 is 1.75. The second-order valence-corrected chi connectivity index (χ2v) is 3.95. The first kappa shape index (κ1) is 11.5. The van der Waals surface area contributed by atoms with Crippen LogP contribution in [-0.4, -0.2) is 20.5 Å². The summed E-state index contributed by atoms with van der Waals surface area (Å²) in [4.78, 5) is 16.4. The maximum absolute atomic E-state index is 12.3. The summed E-state index contributed by atoms with van der Waals surface area (Å²) in [5.41, 5.74) is 2.14. The van der Waals surface area contributed by atoms with E-state index in [0.717, 1.165) is 18.7 Å². The molecule has 0 unspecified atom stereocenters. The number of rotatable bonds is 4.